The highest BCUT2D eigenvalue weighted by molar-refractivity contribution is 7.15. The highest BCUT2D eigenvalue weighted by Gasteiger charge is 2.33. The van der Waals surface area contributed by atoms with E-state index in [2.05, 4.69) is 15.3 Å². The fraction of sp³-hybridized carbons (Fsp3) is 0.273. The Morgan fingerprint density at radius 3 is 2.67 bits per heavy atom. The van der Waals surface area contributed by atoms with Crippen LogP contribution in [0.3, 0.4) is 0 Å². The van der Waals surface area contributed by atoms with Gasteiger partial charge < -0.3 is 5.32 Å². The molecular weight excluding hydrogens is 263 g/mol. The first kappa shape index (κ1) is 12.8. The van der Waals surface area contributed by atoms with Gasteiger partial charge in [0.15, 0.2) is 5.13 Å². The lowest BCUT2D eigenvalue weighted by atomic mass is 10.3. The van der Waals surface area contributed by atoms with Crippen LogP contribution >= 0.6 is 11.3 Å². The fourth-order valence-corrected chi connectivity index (χ4v) is 2.04. The summed E-state index contributed by atoms with van der Waals surface area (Å²) in [6.45, 7) is 0.502. The molecule has 0 bridgehead atoms. The van der Waals surface area contributed by atoms with Crippen LogP contribution in [0, 0.1) is 0 Å². The number of halogens is 3. The van der Waals surface area contributed by atoms with Gasteiger partial charge in [-0.15, -0.1) is 0 Å². The zero-order valence-electron chi connectivity index (χ0n) is 9.24. The predicted molar refractivity (Wildman–Crippen MR) is 63.5 cm³/mol. The largest absolute Gasteiger partial charge is 0.427 e. The van der Waals surface area contributed by atoms with Crippen LogP contribution in [0.5, 0.6) is 0 Å². The van der Waals surface area contributed by atoms with Crippen LogP contribution in [-0.4, -0.2) is 16.5 Å². The van der Waals surface area contributed by atoms with Gasteiger partial charge in [0, 0.05) is 24.9 Å². The maximum atomic E-state index is 12.3. The summed E-state index contributed by atoms with van der Waals surface area (Å²) in [5, 5.41) is 3.13. The maximum Gasteiger partial charge on any atom is 0.427 e. The molecule has 2 heterocycles. The van der Waals surface area contributed by atoms with E-state index < -0.39 is 11.1 Å². The van der Waals surface area contributed by atoms with Crippen molar-refractivity contribution in [1.82, 2.24) is 9.97 Å². The topological polar surface area (TPSA) is 37.8 Å². The van der Waals surface area contributed by atoms with Crippen LogP contribution < -0.4 is 5.32 Å². The Kier molecular flexibility index (Phi) is 3.81. The first-order chi connectivity index (χ1) is 8.55. The minimum absolute atomic E-state index is 0.276. The fourth-order valence-electron chi connectivity index (χ4n) is 1.33. The summed E-state index contributed by atoms with van der Waals surface area (Å²) < 4.78 is 37.0. The lowest BCUT2D eigenvalue weighted by Gasteiger charge is -2.02. The van der Waals surface area contributed by atoms with Crippen LogP contribution in [0.15, 0.2) is 30.6 Å². The van der Waals surface area contributed by atoms with E-state index in [1.165, 1.54) is 0 Å². The lowest BCUT2D eigenvalue weighted by molar-refractivity contribution is -0.134. The van der Waals surface area contributed by atoms with Crippen molar-refractivity contribution in [3.63, 3.8) is 0 Å². The summed E-state index contributed by atoms with van der Waals surface area (Å²) >= 11 is 0.607. The van der Waals surface area contributed by atoms with E-state index in [0.717, 1.165) is 11.9 Å². The van der Waals surface area contributed by atoms with Crippen molar-refractivity contribution in [2.45, 2.75) is 12.6 Å². The summed E-state index contributed by atoms with van der Waals surface area (Å²) in [4.78, 5) is 7.11. The molecule has 3 nitrogen and oxygen atoms in total. The van der Waals surface area contributed by atoms with E-state index in [-0.39, 0.29) is 5.13 Å². The van der Waals surface area contributed by atoms with Crippen molar-refractivity contribution < 1.29 is 13.2 Å². The maximum absolute atomic E-state index is 12.3. The molecule has 0 saturated carbocycles. The van der Waals surface area contributed by atoms with Crippen LogP contribution in [0.25, 0.3) is 0 Å². The Bertz CT molecular complexity index is 496. The van der Waals surface area contributed by atoms with Crippen LogP contribution in [0.1, 0.15) is 10.6 Å². The number of hydrogen-bond acceptors (Lipinski definition) is 4. The molecule has 0 atom stereocenters. The molecule has 0 aliphatic heterocycles. The Balaban J connectivity index is 1.86. The van der Waals surface area contributed by atoms with E-state index in [9.17, 15) is 13.2 Å². The molecule has 0 saturated heterocycles. The third-order valence-electron chi connectivity index (χ3n) is 2.17. The van der Waals surface area contributed by atoms with Crippen molar-refractivity contribution in [1.29, 1.82) is 0 Å². The van der Waals surface area contributed by atoms with Crippen molar-refractivity contribution >= 4 is 16.5 Å². The zero-order chi connectivity index (χ0) is 13.0. The molecule has 0 unspecified atom stereocenters. The molecule has 7 heteroatoms. The van der Waals surface area contributed by atoms with Gasteiger partial charge in [-0.1, -0.05) is 17.4 Å². The third-order valence-corrected chi connectivity index (χ3v) is 3.17. The molecule has 96 valence electrons. The van der Waals surface area contributed by atoms with E-state index in [4.69, 9.17) is 0 Å². The molecule has 2 rings (SSSR count). The number of pyridine rings is 1. The van der Waals surface area contributed by atoms with Crippen molar-refractivity contribution in [3.05, 3.63) is 41.2 Å². The first-order valence-corrected chi connectivity index (χ1v) is 6.04. The molecule has 0 aliphatic carbocycles. The summed E-state index contributed by atoms with van der Waals surface area (Å²) in [7, 11) is 0. The molecule has 2 aromatic heterocycles. The summed E-state index contributed by atoms with van der Waals surface area (Å²) in [6, 6.07) is 5.55. The van der Waals surface area contributed by atoms with E-state index in [0.29, 0.717) is 24.3 Å². The van der Waals surface area contributed by atoms with E-state index >= 15 is 0 Å². The zero-order valence-corrected chi connectivity index (χ0v) is 10.1. The van der Waals surface area contributed by atoms with Gasteiger partial charge in [-0.2, -0.15) is 13.2 Å². The molecule has 0 aromatic carbocycles. The predicted octanol–water partition coefficient (Wildman–Crippen LogP) is 3.21. The second-order valence-corrected chi connectivity index (χ2v) is 4.56. The summed E-state index contributed by atoms with van der Waals surface area (Å²) in [5.41, 5.74) is 0.887. The lowest BCUT2D eigenvalue weighted by Crippen LogP contribution is -2.05. The highest BCUT2D eigenvalue weighted by atomic mass is 32.1. The minimum atomic E-state index is -4.32. The number of nitrogens with zero attached hydrogens (tertiary/aromatic N) is 2. The molecule has 18 heavy (non-hydrogen) atoms. The van der Waals surface area contributed by atoms with Gasteiger partial charge in [0.05, 0.1) is 6.20 Å². The summed E-state index contributed by atoms with van der Waals surface area (Å²) in [5.74, 6) is 0. The van der Waals surface area contributed by atoms with Gasteiger partial charge in [-0.3, -0.25) is 4.98 Å². The van der Waals surface area contributed by atoms with Gasteiger partial charge in [-0.25, -0.2) is 4.98 Å². The molecule has 0 amide bonds. The highest BCUT2D eigenvalue weighted by Crippen LogP contribution is 2.34. The van der Waals surface area contributed by atoms with Crippen LogP contribution in [-0.2, 0) is 12.6 Å². The Morgan fingerprint density at radius 2 is 2.06 bits per heavy atom. The molecule has 0 radical (unpaired) electrons. The molecule has 0 aliphatic rings. The van der Waals surface area contributed by atoms with E-state index in [1.807, 2.05) is 18.2 Å². The molecule has 0 spiro atoms. The molecular formula is C11H10F3N3S. The second-order valence-electron chi connectivity index (χ2n) is 3.53. The van der Waals surface area contributed by atoms with Gasteiger partial charge in [-0.05, 0) is 12.1 Å². The number of aromatic nitrogens is 2. The van der Waals surface area contributed by atoms with Gasteiger partial charge in [0.25, 0.3) is 0 Å². The Hall–Kier alpha value is -1.63. The quantitative estimate of drug-likeness (QED) is 0.929. The standard InChI is InChI=1S/C11H10F3N3S/c12-11(13,14)9-7-17-10(18-9)16-6-4-8-3-1-2-5-15-8/h1-3,5,7H,4,6H2,(H,16,17). The smallest absolute Gasteiger partial charge is 0.361 e. The van der Waals surface area contributed by atoms with E-state index in [1.54, 1.807) is 6.20 Å². The average molecular weight is 273 g/mol. The summed E-state index contributed by atoms with van der Waals surface area (Å²) in [6.07, 6.45) is -1.16. The van der Waals surface area contributed by atoms with Crippen LogP contribution in [0.4, 0.5) is 18.3 Å². The number of anilines is 1. The Labute approximate surface area is 106 Å². The molecule has 0 fully saturated rings. The van der Waals surface area contributed by atoms with Crippen molar-refractivity contribution in [2.75, 3.05) is 11.9 Å². The second kappa shape index (κ2) is 5.34. The van der Waals surface area contributed by atoms with Gasteiger partial charge in [0.1, 0.15) is 4.88 Å². The SMILES string of the molecule is FC(F)(F)c1cnc(NCCc2ccccn2)s1. The Morgan fingerprint density at radius 1 is 1.22 bits per heavy atom. The molecule has 2 aromatic rings. The van der Waals surface area contributed by atoms with Gasteiger partial charge >= 0.3 is 6.18 Å². The monoisotopic (exact) mass is 273 g/mol. The normalized spacial score (nSPS) is 11.5. The number of alkyl halides is 3. The third kappa shape index (κ3) is 3.43. The minimum Gasteiger partial charge on any atom is -0.361 e. The van der Waals surface area contributed by atoms with Gasteiger partial charge in [0.2, 0.25) is 0 Å². The number of hydrogen-bond donors (Lipinski definition) is 1. The average Bonchev–Trinajstić information content (AvgIpc) is 2.79. The number of rotatable bonds is 4. The van der Waals surface area contributed by atoms with Crippen LogP contribution in [0.2, 0.25) is 0 Å². The van der Waals surface area contributed by atoms with Crippen molar-refractivity contribution in [3.8, 4) is 0 Å². The number of thiazole rings is 1. The number of nitrogens with one attached hydrogen (secondary N) is 1. The molecule has 1 N–H and O–H groups in total. The first-order valence-electron chi connectivity index (χ1n) is 5.22. The van der Waals surface area contributed by atoms with Crippen molar-refractivity contribution in [2.24, 2.45) is 0 Å².